The number of nitrogens with two attached hydrogens (primary N) is 1. The van der Waals surface area contributed by atoms with E-state index in [1.807, 2.05) is 0 Å². The highest BCUT2D eigenvalue weighted by molar-refractivity contribution is 5.50. The molecule has 2 N–H and O–H groups in total. The number of ether oxygens (including phenoxy) is 1. The van der Waals surface area contributed by atoms with Gasteiger partial charge in [0.15, 0.2) is 0 Å². The molecule has 0 bridgehead atoms. The third kappa shape index (κ3) is 2.45. The molecule has 3 heteroatoms. The summed E-state index contributed by atoms with van der Waals surface area (Å²) in [6.07, 6.45) is 0. The van der Waals surface area contributed by atoms with Crippen molar-refractivity contribution in [3.63, 3.8) is 0 Å². The van der Waals surface area contributed by atoms with Gasteiger partial charge in [-0.1, -0.05) is 6.07 Å². The third-order valence-electron chi connectivity index (χ3n) is 3.75. The van der Waals surface area contributed by atoms with Crippen molar-refractivity contribution in [3.8, 4) is 0 Å². The van der Waals surface area contributed by atoms with Crippen LogP contribution >= 0.6 is 0 Å². The van der Waals surface area contributed by atoms with Crippen molar-refractivity contribution in [2.45, 2.75) is 13.8 Å². The lowest BCUT2D eigenvalue weighted by Gasteiger charge is -2.43. The zero-order valence-corrected chi connectivity index (χ0v) is 11.0. The summed E-state index contributed by atoms with van der Waals surface area (Å²) >= 11 is 0. The average molecular weight is 234 g/mol. The normalized spacial score (nSPS) is 17.6. The largest absolute Gasteiger partial charge is 0.380 e. The van der Waals surface area contributed by atoms with Crippen LogP contribution in [0, 0.1) is 19.3 Å². The van der Waals surface area contributed by atoms with E-state index in [4.69, 9.17) is 10.5 Å². The minimum atomic E-state index is 0.160. The smallest absolute Gasteiger partial charge is 0.0574 e. The lowest BCUT2D eigenvalue weighted by molar-refractivity contribution is -0.101. The third-order valence-corrected chi connectivity index (χ3v) is 3.75. The van der Waals surface area contributed by atoms with Gasteiger partial charge in [0.05, 0.1) is 13.2 Å². The fourth-order valence-electron chi connectivity index (χ4n) is 2.22. The van der Waals surface area contributed by atoms with Crippen molar-refractivity contribution >= 4 is 5.69 Å². The predicted octanol–water partition coefficient (Wildman–Crippen LogP) is 1.71. The van der Waals surface area contributed by atoms with Gasteiger partial charge in [-0.3, -0.25) is 0 Å². The van der Waals surface area contributed by atoms with Gasteiger partial charge in [-0.25, -0.2) is 0 Å². The Morgan fingerprint density at radius 1 is 1.29 bits per heavy atom. The Labute approximate surface area is 104 Å². The topological polar surface area (TPSA) is 38.5 Å². The van der Waals surface area contributed by atoms with Crippen LogP contribution in [0.3, 0.4) is 0 Å². The van der Waals surface area contributed by atoms with Crippen molar-refractivity contribution in [2.24, 2.45) is 11.1 Å². The molecule has 0 radical (unpaired) electrons. The van der Waals surface area contributed by atoms with E-state index in [2.05, 4.69) is 44.0 Å². The van der Waals surface area contributed by atoms with E-state index in [0.29, 0.717) is 6.54 Å². The summed E-state index contributed by atoms with van der Waals surface area (Å²) in [5.74, 6) is 0. The van der Waals surface area contributed by atoms with Crippen molar-refractivity contribution < 1.29 is 4.74 Å². The molecule has 0 saturated carbocycles. The van der Waals surface area contributed by atoms with Crippen molar-refractivity contribution in [2.75, 3.05) is 38.3 Å². The molecule has 0 atom stereocenters. The highest BCUT2D eigenvalue weighted by atomic mass is 16.5. The molecular weight excluding hydrogens is 212 g/mol. The predicted molar refractivity (Wildman–Crippen MR) is 71.5 cm³/mol. The second-order valence-corrected chi connectivity index (χ2v) is 5.32. The van der Waals surface area contributed by atoms with Gasteiger partial charge in [0.25, 0.3) is 0 Å². The van der Waals surface area contributed by atoms with Crippen LogP contribution in [0.5, 0.6) is 0 Å². The molecule has 1 aromatic carbocycles. The van der Waals surface area contributed by atoms with Crippen LogP contribution in [-0.2, 0) is 4.74 Å². The Balaban J connectivity index is 2.08. The van der Waals surface area contributed by atoms with E-state index in [-0.39, 0.29) is 5.41 Å². The average Bonchev–Trinajstić information content (AvgIpc) is 2.27. The first-order valence-electron chi connectivity index (χ1n) is 6.12. The summed E-state index contributed by atoms with van der Waals surface area (Å²) in [5, 5.41) is 0. The molecule has 1 aliphatic rings. The minimum Gasteiger partial charge on any atom is -0.380 e. The summed E-state index contributed by atoms with van der Waals surface area (Å²) in [7, 11) is 2.12. The van der Waals surface area contributed by atoms with Crippen molar-refractivity contribution in [1.82, 2.24) is 0 Å². The number of rotatable bonds is 4. The first-order chi connectivity index (χ1) is 8.06. The van der Waals surface area contributed by atoms with Crippen LogP contribution < -0.4 is 10.6 Å². The fourth-order valence-corrected chi connectivity index (χ4v) is 2.22. The standard InChI is InChI=1S/C14H22N2O/c1-11-4-5-13(6-12(11)2)16(3)8-14(7-15)9-17-10-14/h4-6H,7-10,15H2,1-3H3. The quantitative estimate of drug-likeness (QED) is 0.862. The molecule has 0 unspecified atom stereocenters. The van der Waals surface area contributed by atoms with Gasteiger partial charge in [0.1, 0.15) is 0 Å². The van der Waals surface area contributed by atoms with Crippen LogP contribution in [0.2, 0.25) is 0 Å². The lowest BCUT2D eigenvalue weighted by atomic mass is 9.85. The molecule has 0 aromatic heterocycles. The lowest BCUT2D eigenvalue weighted by Crippen LogP contribution is -2.54. The van der Waals surface area contributed by atoms with Gasteiger partial charge < -0.3 is 15.4 Å². The summed E-state index contributed by atoms with van der Waals surface area (Å²) in [6.45, 7) is 7.53. The van der Waals surface area contributed by atoms with Crippen molar-refractivity contribution in [3.05, 3.63) is 29.3 Å². The number of aryl methyl sites for hydroxylation is 2. The van der Waals surface area contributed by atoms with Gasteiger partial charge in [-0.15, -0.1) is 0 Å². The zero-order valence-electron chi connectivity index (χ0n) is 11.0. The van der Waals surface area contributed by atoms with Gasteiger partial charge in [0, 0.05) is 31.2 Å². The Hall–Kier alpha value is -1.06. The molecule has 0 spiro atoms. The Bertz CT molecular complexity index is 394. The Morgan fingerprint density at radius 3 is 2.47 bits per heavy atom. The summed E-state index contributed by atoms with van der Waals surface area (Å²) in [6, 6.07) is 6.58. The molecule has 3 nitrogen and oxygen atoms in total. The number of nitrogens with zero attached hydrogens (tertiary/aromatic N) is 1. The van der Waals surface area contributed by atoms with E-state index in [9.17, 15) is 0 Å². The van der Waals surface area contributed by atoms with Gasteiger partial charge >= 0.3 is 0 Å². The second-order valence-electron chi connectivity index (χ2n) is 5.32. The monoisotopic (exact) mass is 234 g/mol. The molecule has 2 rings (SSSR count). The van der Waals surface area contributed by atoms with E-state index in [1.165, 1.54) is 16.8 Å². The highest BCUT2D eigenvalue weighted by Crippen LogP contribution is 2.29. The number of hydrogen-bond donors (Lipinski definition) is 1. The first kappa shape index (κ1) is 12.4. The Kier molecular flexibility index (Phi) is 3.40. The number of hydrogen-bond acceptors (Lipinski definition) is 3. The van der Waals surface area contributed by atoms with Crippen LogP contribution in [0.15, 0.2) is 18.2 Å². The van der Waals surface area contributed by atoms with E-state index in [1.54, 1.807) is 0 Å². The van der Waals surface area contributed by atoms with Gasteiger partial charge in [-0.2, -0.15) is 0 Å². The Morgan fingerprint density at radius 2 is 2.00 bits per heavy atom. The molecule has 94 valence electrons. The van der Waals surface area contributed by atoms with E-state index in [0.717, 1.165) is 19.8 Å². The highest BCUT2D eigenvalue weighted by Gasteiger charge is 2.38. The van der Waals surface area contributed by atoms with Crippen LogP contribution in [0.4, 0.5) is 5.69 Å². The van der Waals surface area contributed by atoms with Crippen molar-refractivity contribution in [1.29, 1.82) is 0 Å². The molecule has 1 saturated heterocycles. The molecule has 17 heavy (non-hydrogen) atoms. The van der Waals surface area contributed by atoms with Crippen LogP contribution in [-0.4, -0.2) is 33.4 Å². The molecule has 0 aliphatic carbocycles. The van der Waals surface area contributed by atoms with E-state index < -0.39 is 0 Å². The maximum absolute atomic E-state index is 5.84. The van der Waals surface area contributed by atoms with Gasteiger partial charge in [-0.05, 0) is 37.1 Å². The van der Waals surface area contributed by atoms with Crippen LogP contribution in [0.25, 0.3) is 0 Å². The molecule has 1 aromatic rings. The summed E-state index contributed by atoms with van der Waals surface area (Å²) in [4.78, 5) is 2.28. The second kappa shape index (κ2) is 4.67. The molecular formula is C14H22N2O. The zero-order chi connectivity index (χ0) is 12.5. The molecule has 1 aliphatic heterocycles. The minimum absolute atomic E-state index is 0.160. The SMILES string of the molecule is Cc1ccc(N(C)CC2(CN)COC2)cc1C. The van der Waals surface area contributed by atoms with Crippen LogP contribution in [0.1, 0.15) is 11.1 Å². The first-order valence-corrected chi connectivity index (χ1v) is 6.12. The summed E-state index contributed by atoms with van der Waals surface area (Å²) < 4.78 is 5.30. The maximum Gasteiger partial charge on any atom is 0.0574 e. The number of benzene rings is 1. The molecule has 0 amide bonds. The fraction of sp³-hybridized carbons (Fsp3) is 0.571. The molecule has 1 heterocycles. The van der Waals surface area contributed by atoms with Gasteiger partial charge in [0.2, 0.25) is 0 Å². The summed E-state index contributed by atoms with van der Waals surface area (Å²) in [5.41, 5.74) is 9.93. The number of anilines is 1. The molecule has 1 fully saturated rings. The maximum atomic E-state index is 5.84. The van der Waals surface area contributed by atoms with E-state index >= 15 is 0 Å².